The number of anilines is 1. The minimum Gasteiger partial charge on any atom is -0.495 e. The molecule has 0 saturated carbocycles. The summed E-state index contributed by atoms with van der Waals surface area (Å²) in [6.45, 7) is 5.75. The van der Waals surface area contributed by atoms with E-state index in [0.29, 0.717) is 23.0 Å². The molecule has 1 aromatic rings. The highest BCUT2D eigenvalue weighted by Crippen LogP contribution is 2.28. The fraction of sp³-hybridized carbons (Fsp3) is 0.308. The Morgan fingerprint density at radius 2 is 2.33 bits per heavy atom. The number of nitrogens with one attached hydrogen (secondary N) is 2. The number of methoxy groups -OCH3 is 1. The minimum atomic E-state index is -0.391. The van der Waals surface area contributed by atoms with Crippen LogP contribution in [0.4, 0.5) is 5.69 Å². The lowest BCUT2D eigenvalue weighted by atomic mass is 10.2. The van der Waals surface area contributed by atoms with Gasteiger partial charge in [-0.05, 0) is 25.1 Å². The number of hydrogen-bond acceptors (Lipinski definition) is 3. The van der Waals surface area contributed by atoms with Gasteiger partial charge in [-0.1, -0.05) is 17.7 Å². The zero-order valence-electron chi connectivity index (χ0n) is 10.5. The molecule has 18 heavy (non-hydrogen) atoms. The molecule has 0 saturated heterocycles. The standard InChI is InChI=1S/C13H17ClN2O2/c1-4-7-15-13(17)9(2)16-11-8-10(14)5-6-12(11)18-3/h4-6,8-9,16H,1,7H2,2-3H3,(H,15,17). The number of ether oxygens (including phenoxy) is 1. The van der Waals surface area contributed by atoms with E-state index in [4.69, 9.17) is 16.3 Å². The Hall–Kier alpha value is -1.68. The molecule has 0 heterocycles. The van der Waals surface area contributed by atoms with E-state index in [2.05, 4.69) is 17.2 Å². The van der Waals surface area contributed by atoms with Gasteiger partial charge >= 0.3 is 0 Å². The number of carbonyl (C=O) groups is 1. The lowest BCUT2D eigenvalue weighted by Crippen LogP contribution is -2.37. The number of hydrogen-bond donors (Lipinski definition) is 2. The van der Waals surface area contributed by atoms with Crippen molar-refractivity contribution >= 4 is 23.2 Å². The van der Waals surface area contributed by atoms with Crippen molar-refractivity contribution in [3.63, 3.8) is 0 Å². The molecule has 0 radical (unpaired) electrons. The van der Waals surface area contributed by atoms with Gasteiger partial charge in [0.2, 0.25) is 5.91 Å². The van der Waals surface area contributed by atoms with Crippen molar-refractivity contribution in [2.75, 3.05) is 19.0 Å². The molecule has 1 atom stereocenters. The first kappa shape index (κ1) is 14.4. The normalized spacial score (nSPS) is 11.5. The Morgan fingerprint density at radius 1 is 1.61 bits per heavy atom. The molecule has 5 heteroatoms. The number of benzene rings is 1. The third-order valence-corrected chi connectivity index (χ3v) is 2.58. The van der Waals surface area contributed by atoms with E-state index in [1.54, 1.807) is 38.3 Å². The maximum absolute atomic E-state index is 11.7. The summed E-state index contributed by atoms with van der Waals surface area (Å²) in [7, 11) is 1.57. The van der Waals surface area contributed by atoms with E-state index in [1.165, 1.54) is 0 Å². The Morgan fingerprint density at radius 3 is 2.94 bits per heavy atom. The second-order valence-corrected chi connectivity index (χ2v) is 4.18. The average molecular weight is 269 g/mol. The van der Waals surface area contributed by atoms with Crippen LogP contribution in [0.2, 0.25) is 5.02 Å². The smallest absolute Gasteiger partial charge is 0.242 e. The minimum absolute atomic E-state index is 0.114. The summed E-state index contributed by atoms with van der Waals surface area (Å²) in [6, 6.07) is 4.81. The molecule has 1 aromatic carbocycles. The molecule has 1 rings (SSSR count). The molecule has 1 unspecified atom stereocenters. The first-order valence-corrected chi connectivity index (χ1v) is 5.95. The van der Waals surface area contributed by atoms with Crippen molar-refractivity contribution in [1.29, 1.82) is 0 Å². The van der Waals surface area contributed by atoms with E-state index in [0.717, 1.165) is 0 Å². The molecule has 4 nitrogen and oxygen atoms in total. The molecule has 98 valence electrons. The zero-order chi connectivity index (χ0) is 13.5. The maximum atomic E-state index is 11.7. The Labute approximate surface area is 112 Å². The fourth-order valence-corrected chi connectivity index (χ4v) is 1.59. The third-order valence-electron chi connectivity index (χ3n) is 2.35. The second-order valence-electron chi connectivity index (χ2n) is 3.74. The summed E-state index contributed by atoms with van der Waals surface area (Å²) < 4.78 is 5.19. The summed E-state index contributed by atoms with van der Waals surface area (Å²) in [6.07, 6.45) is 1.63. The van der Waals surface area contributed by atoms with Gasteiger partial charge in [0.1, 0.15) is 11.8 Å². The van der Waals surface area contributed by atoms with Crippen LogP contribution in [-0.2, 0) is 4.79 Å². The van der Waals surface area contributed by atoms with E-state index in [-0.39, 0.29) is 5.91 Å². The van der Waals surface area contributed by atoms with Crippen molar-refractivity contribution in [2.24, 2.45) is 0 Å². The Bertz CT molecular complexity index is 435. The molecule has 0 aliphatic carbocycles. The highest BCUT2D eigenvalue weighted by atomic mass is 35.5. The van der Waals surface area contributed by atoms with Gasteiger partial charge in [0.15, 0.2) is 0 Å². The third kappa shape index (κ3) is 3.96. The SMILES string of the molecule is C=CCNC(=O)C(C)Nc1cc(Cl)ccc1OC. The number of amides is 1. The van der Waals surface area contributed by atoms with Crippen LogP contribution in [-0.4, -0.2) is 25.6 Å². The molecular formula is C13H17ClN2O2. The van der Waals surface area contributed by atoms with Crippen LogP contribution in [0.3, 0.4) is 0 Å². The summed E-state index contributed by atoms with van der Waals surface area (Å²) in [5, 5.41) is 6.35. The summed E-state index contributed by atoms with van der Waals surface area (Å²) in [4.78, 5) is 11.7. The summed E-state index contributed by atoms with van der Waals surface area (Å²) in [5.41, 5.74) is 0.686. The largest absolute Gasteiger partial charge is 0.495 e. The van der Waals surface area contributed by atoms with Crippen LogP contribution in [0.15, 0.2) is 30.9 Å². The van der Waals surface area contributed by atoms with E-state index >= 15 is 0 Å². The fourth-order valence-electron chi connectivity index (χ4n) is 1.42. The van der Waals surface area contributed by atoms with Gasteiger partial charge < -0.3 is 15.4 Å². The van der Waals surface area contributed by atoms with Crippen molar-refractivity contribution < 1.29 is 9.53 Å². The van der Waals surface area contributed by atoms with E-state index in [9.17, 15) is 4.79 Å². The molecule has 1 amide bonds. The van der Waals surface area contributed by atoms with Crippen LogP contribution in [0, 0.1) is 0 Å². The number of halogens is 1. The van der Waals surface area contributed by atoms with Gasteiger partial charge in [-0.3, -0.25) is 4.79 Å². The molecule has 0 bridgehead atoms. The van der Waals surface area contributed by atoms with E-state index in [1.807, 2.05) is 0 Å². The lowest BCUT2D eigenvalue weighted by Gasteiger charge is -2.17. The van der Waals surface area contributed by atoms with Crippen LogP contribution in [0.5, 0.6) is 5.75 Å². The quantitative estimate of drug-likeness (QED) is 0.779. The predicted molar refractivity (Wildman–Crippen MR) is 74.3 cm³/mol. The van der Waals surface area contributed by atoms with Crippen LogP contribution >= 0.6 is 11.6 Å². The molecule has 0 aliphatic heterocycles. The van der Waals surface area contributed by atoms with Crippen LogP contribution < -0.4 is 15.4 Å². The number of carbonyl (C=O) groups excluding carboxylic acids is 1. The summed E-state index contributed by atoms with van der Waals surface area (Å²) in [5.74, 6) is 0.527. The zero-order valence-corrected chi connectivity index (χ0v) is 11.3. The topological polar surface area (TPSA) is 50.4 Å². The number of rotatable bonds is 6. The van der Waals surface area contributed by atoms with E-state index < -0.39 is 6.04 Å². The van der Waals surface area contributed by atoms with Crippen LogP contribution in [0.25, 0.3) is 0 Å². The average Bonchev–Trinajstić information content (AvgIpc) is 2.36. The van der Waals surface area contributed by atoms with Gasteiger partial charge in [0.05, 0.1) is 12.8 Å². The maximum Gasteiger partial charge on any atom is 0.242 e. The molecular weight excluding hydrogens is 252 g/mol. The highest BCUT2D eigenvalue weighted by molar-refractivity contribution is 6.30. The van der Waals surface area contributed by atoms with Crippen molar-refractivity contribution in [3.05, 3.63) is 35.9 Å². The molecule has 0 aliphatic rings. The molecule has 0 fully saturated rings. The molecule has 2 N–H and O–H groups in total. The first-order valence-electron chi connectivity index (χ1n) is 5.57. The van der Waals surface area contributed by atoms with Crippen molar-refractivity contribution in [1.82, 2.24) is 5.32 Å². The first-order chi connectivity index (χ1) is 8.58. The second kappa shape index (κ2) is 6.91. The Balaban J connectivity index is 2.74. The highest BCUT2D eigenvalue weighted by Gasteiger charge is 2.14. The van der Waals surface area contributed by atoms with Crippen molar-refractivity contribution in [2.45, 2.75) is 13.0 Å². The van der Waals surface area contributed by atoms with Gasteiger partial charge in [0.25, 0.3) is 0 Å². The predicted octanol–water partition coefficient (Wildman–Crippen LogP) is 2.45. The lowest BCUT2D eigenvalue weighted by molar-refractivity contribution is -0.121. The van der Waals surface area contributed by atoms with Gasteiger partial charge in [0, 0.05) is 11.6 Å². The van der Waals surface area contributed by atoms with Gasteiger partial charge in [-0.25, -0.2) is 0 Å². The van der Waals surface area contributed by atoms with Crippen molar-refractivity contribution in [3.8, 4) is 5.75 Å². The monoisotopic (exact) mass is 268 g/mol. The Kier molecular flexibility index (Phi) is 5.52. The molecule has 0 spiro atoms. The summed E-state index contributed by atoms with van der Waals surface area (Å²) >= 11 is 5.91. The molecule has 0 aromatic heterocycles. The van der Waals surface area contributed by atoms with Gasteiger partial charge in [-0.15, -0.1) is 6.58 Å². The van der Waals surface area contributed by atoms with Crippen LogP contribution in [0.1, 0.15) is 6.92 Å². The van der Waals surface area contributed by atoms with Gasteiger partial charge in [-0.2, -0.15) is 0 Å².